The van der Waals surface area contributed by atoms with Gasteiger partial charge in [0, 0.05) is 58.2 Å². The SMILES string of the molecule is CC(C)(C)CC(=O)CCCOCCOCCOCCOCCOCCOCCOCCOCCOCCOCCNC(=O)CCCCCCCCC(=O)CC[C@H](NC(=O)NCCCC(=O)O)C(=O)O. The Morgan fingerprint density at radius 3 is 1.22 bits per heavy atom. The van der Waals surface area contributed by atoms with Gasteiger partial charge in [-0.05, 0) is 37.5 Å². The van der Waals surface area contributed by atoms with Crippen LogP contribution >= 0.6 is 0 Å². The van der Waals surface area contributed by atoms with Gasteiger partial charge in [-0.15, -0.1) is 0 Å². The summed E-state index contributed by atoms with van der Waals surface area (Å²) < 4.78 is 55.0. The fourth-order valence-electron chi connectivity index (χ4n) is 6.14. The second-order valence-electron chi connectivity index (χ2n) is 17.3. The highest BCUT2D eigenvalue weighted by Gasteiger charge is 2.21. The van der Waals surface area contributed by atoms with Crippen LogP contribution in [0.4, 0.5) is 4.79 Å². The quantitative estimate of drug-likeness (QED) is 0.0536. The first kappa shape index (κ1) is 65.6. The Hall–Kier alpha value is -3.38. The molecular formula is C48H89N3O18. The number of nitrogens with one attached hydrogen (secondary N) is 3. The van der Waals surface area contributed by atoms with E-state index in [1.165, 1.54) is 0 Å². The normalized spacial score (nSPS) is 11.9. The Labute approximate surface area is 410 Å². The summed E-state index contributed by atoms with van der Waals surface area (Å²) in [5.41, 5.74) is 0.0358. The molecule has 0 spiro atoms. The molecule has 0 aromatic carbocycles. The number of carboxylic acid groups (broad SMARTS) is 2. The molecule has 0 rings (SSSR count). The summed E-state index contributed by atoms with van der Waals surface area (Å²) in [6.07, 6.45) is 7.92. The molecule has 0 fully saturated rings. The van der Waals surface area contributed by atoms with Gasteiger partial charge in [0.2, 0.25) is 5.91 Å². The van der Waals surface area contributed by atoms with Crippen LogP contribution in [0.1, 0.15) is 117 Å². The minimum absolute atomic E-state index is 0.0203. The van der Waals surface area contributed by atoms with Crippen LogP contribution in [-0.2, 0) is 71.3 Å². The van der Waals surface area contributed by atoms with Crippen molar-refractivity contribution in [2.24, 2.45) is 5.41 Å². The molecule has 0 aromatic heterocycles. The first-order chi connectivity index (χ1) is 33.3. The number of carbonyl (C=O) groups is 6. The summed E-state index contributed by atoms with van der Waals surface area (Å²) >= 11 is 0. The number of urea groups is 1. The molecule has 1 atom stereocenters. The predicted molar refractivity (Wildman–Crippen MR) is 256 cm³/mol. The van der Waals surface area contributed by atoms with Crippen molar-refractivity contribution in [3.63, 3.8) is 0 Å². The number of aliphatic carboxylic acids is 2. The van der Waals surface area contributed by atoms with Crippen molar-refractivity contribution in [1.82, 2.24) is 16.0 Å². The van der Waals surface area contributed by atoms with Gasteiger partial charge in [-0.3, -0.25) is 19.2 Å². The third-order valence-corrected chi connectivity index (χ3v) is 9.67. The Balaban J connectivity index is 3.35. The summed E-state index contributed by atoms with van der Waals surface area (Å²) in [4.78, 5) is 70.0. The molecule has 0 unspecified atom stereocenters. The lowest BCUT2D eigenvalue weighted by atomic mass is 9.89. The predicted octanol–water partition coefficient (Wildman–Crippen LogP) is 4.14. The van der Waals surface area contributed by atoms with Crippen molar-refractivity contribution in [2.75, 3.05) is 145 Å². The highest BCUT2D eigenvalue weighted by Crippen LogP contribution is 2.20. The molecule has 21 heteroatoms. The molecule has 0 bridgehead atoms. The molecule has 0 aromatic rings. The highest BCUT2D eigenvalue weighted by molar-refractivity contribution is 5.84. The molecule has 404 valence electrons. The van der Waals surface area contributed by atoms with E-state index in [0.717, 1.165) is 38.5 Å². The van der Waals surface area contributed by atoms with E-state index in [1.807, 2.05) is 0 Å². The van der Waals surface area contributed by atoms with E-state index in [4.69, 9.17) is 52.5 Å². The Morgan fingerprint density at radius 1 is 0.406 bits per heavy atom. The van der Waals surface area contributed by atoms with E-state index in [2.05, 4.69) is 36.7 Å². The average Bonchev–Trinajstić information content (AvgIpc) is 3.29. The monoisotopic (exact) mass is 996 g/mol. The van der Waals surface area contributed by atoms with Gasteiger partial charge in [0.25, 0.3) is 0 Å². The smallest absolute Gasteiger partial charge is 0.326 e. The lowest BCUT2D eigenvalue weighted by Gasteiger charge is -2.16. The van der Waals surface area contributed by atoms with Crippen molar-refractivity contribution in [3.8, 4) is 0 Å². The number of carbonyl (C=O) groups excluding carboxylic acids is 4. The summed E-state index contributed by atoms with van der Waals surface area (Å²) in [7, 11) is 0. The molecule has 0 saturated carbocycles. The number of rotatable bonds is 53. The van der Waals surface area contributed by atoms with E-state index in [9.17, 15) is 33.9 Å². The number of hydrogen-bond acceptors (Lipinski definition) is 16. The number of carboxylic acids is 2. The van der Waals surface area contributed by atoms with Crippen LogP contribution in [0.15, 0.2) is 0 Å². The lowest BCUT2D eigenvalue weighted by molar-refractivity contribution is -0.139. The molecule has 5 N–H and O–H groups in total. The fourth-order valence-corrected chi connectivity index (χ4v) is 6.14. The van der Waals surface area contributed by atoms with Crippen molar-refractivity contribution >= 4 is 35.4 Å². The minimum atomic E-state index is -1.24. The molecule has 0 aliphatic carbocycles. The zero-order chi connectivity index (χ0) is 50.9. The summed E-state index contributed by atoms with van der Waals surface area (Å²) in [5, 5.41) is 25.5. The van der Waals surface area contributed by atoms with Gasteiger partial charge in [0.15, 0.2) is 0 Å². The summed E-state index contributed by atoms with van der Waals surface area (Å²) in [5.74, 6) is -2.03. The molecule has 69 heavy (non-hydrogen) atoms. The molecule has 0 saturated heterocycles. The first-order valence-corrected chi connectivity index (χ1v) is 24.9. The minimum Gasteiger partial charge on any atom is -0.481 e. The van der Waals surface area contributed by atoms with Gasteiger partial charge in [-0.1, -0.05) is 46.5 Å². The largest absolute Gasteiger partial charge is 0.481 e. The number of ether oxygens (including phenoxy) is 10. The maximum absolute atomic E-state index is 12.2. The molecule has 21 nitrogen and oxygen atoms in total. The van der Waals surface area contributed by atoms with E-state index >= 15 is 0 Å². The van der Waals surface area contributed by atoms with Crippen molar-refractivity contribution in [1.29, 1.82) is 0 Å². The van der Waals surface area contributed by atoms with Gasteiger partial charge in [-0.25, -0.2) is 9.59 Å². The number of Topliss-reactive ketones (excluding diaryl/α,β-unsaturated/α-hetero) is 2. The Bertz CT molecular complexity index is 1290. The molecule has 0 heterocycles. The second-order valence-corrected chi connectivity index (χ2v) is 17.3. The van der Waals surface area contributed by atoms with Crippen LogP contribution in [-0.4, -0.2) is 197 Å². The topological polar surface area (TPSA) is 271 Å². The zero-order valence-electron chi connectivity index (χ0n) is 42.2. The molecule has 0 radical (unpaired) electrons. The number of hydrogen-bond donors (Lipinski definition) is 5. The fraction of sp³-hybridized carbons (Fsp3) is 0.875. The van der Waals surface area contributed by atoms with Crippen LogP contribution in [0.5, 0.6) is 0 Å². The lowest BCUT2D eigenvalue weighted by Crippen LogP contribution is -2.46. The summed E-state index contributed by atoms with van der Waals surface area (Å²) in [6.45, 7) is 16.1. The summed E-state index contributed by atoms with van der Waals surface area (Å²) in [6, 6.07) is -1.92. The van der Waals surface area contributed by atoms with E-state index in [0.29, 0.717) is 171 Å². The van der Waals surface area contributed by atoms with Crippen LogP contribution in [0.3, 0.4) is 0 Å². The maximum atomic E-state index is 12.2. The Morgan fingerprint density at radius 2 is 0.797 bits per heavy atom. The molecule has 0 aliphatic heterocycles. The van der Waals surface area contributed by atoms with E-state index < -0.39 is 24.0 Å². The van der Waals surface area contributed by atoms with Gasteiger partial charge >= 0.3 is 18.0 Å². The maximum Gasteiger partial charge on any atom is 0.326 e. The van der Waals surface area contributed by atoms with Crippen LogP contribution in [0.25, 0.3) is 0 Å². The van der Waals surface area contributed by atoms with Gasteiger partial charge in [-0.2, -0.15) is 0 Å². The van der Waals surface area contributed by atoms with Crippen LogP contribution in [0.2, 0.25) is 0 Å². The number of unbranched alkanes of at least 4 members (excludes halogenated alkanes) is 5. The number of amides is 3. The van der Waals surface area contributed by atoms with E-state index in [-0.39, 0.29) is 55.1 Å². The van der Waals surface area contributed by atoms with Crippen molar-refractivity contribution in [3.05, 3.63) is 0 Å². The third kappa shape index (κ3) is 52.3. The standard InChI is InChI=1S/C48H89N3O18/c1-48(2,3)40-42(53)13-11-20-60-22-24-62-26-28-64-30-32-66-34-36-68-38-39-69-37-35-67-33-31-65-29-27-63-25-23-61-21-19-49-44(54)14-9-7-5-4-6-8-12-41(52)16-17-43(46(57)58)51-47(59)50-18-10-15-45(55)56/h43H,4-40H2,1-3H3,(H,49,54)(H,55,56)(H,57,58)(H2,50,51,59)/t43-/m0/s1. The molecule has 0 aliphatic rings. The third-order valence-electron chi connectivity index (χ3n) is 9.67. The zero-order valence-corrected chi connectivity index (χ0v) is 42.2. The van der Waals surface area contributed by atoms with Crippen LogP contribution < -0.4 is 16.0 Å². The van der Waals surface area contributed by atoms with Gasteiger partial charge in [0.05, 0.1) is 126 Å². The molecular weight excluding hydrogens is 907 g/mol. The molecule has 3 amide bonds. The van der Waals surface area contributed by atoms with Crippen LogP contribution in [0, 0.1) is 5.41 Å². The Kier molecular flexibility index (Phi) is 45.9. The number of ketones is 2. The van der Waals surface area contributed by atoms with Crippen molar-refractivity contribution in [2.45, 2.75) is 123 Å². The van der Waals surface area contributed by atoms with E-state index in [1.54, 1.807) is 0 Å². The highest BCUT2D eigenvalue weighted by atomic mass is 16.6. The van der Waals surface area contributed by atoms with Crippen molar-refractivity contribution < 1.29 is 86.3 Å². The van der Waals surface area contributed by atoms with Gasteiger partial charge < -0.3 is 73.5 Å². The first-order valence-electron chi connectivity index (χ1n) is 24.9. The average molecular weight is 996 g/mol. The second kappa shape index (κ2) is 48.3. The van der Waals surface area contributed by atoms with Gasteiger partial charge in [0.1, 0.15) is 17.6 Å².